The van der Waals surface area contributed by atoms with Crippen molar-refractivity contribution in [3.8, 4) is 11.8 Å². The first-order valence-electron chi connectivity index (χ1n) is 27.6. The molecule has 2 unspecified atom stereocenters. The Labute approximate surface area is 520 Å². The largest absolute Gasteiger partial charge is 0.492 e. The van der Waals surface area contributed by atoms with Crippen LogP contribution in [0.25, 0.3) is 21.5 Å². The molecule has 5 aromatic rings. The average molecular weight is 1360 g/mol. The normalized spacial score (nSPS) is 18.0. The van der Waals surface area contributed by atoms with E-state index in [4.69, 9.17) is 33.3 Å². The zero-order chi connectivity index (χ0) is 66.0. The number of anilines is 1. The summed E-state index contributed by atoms with van der Waals surface area (Å²) in [6, 6.07) is 11.5. The van der Waals surface area contributed by atoms with Crippen molar-refractivity contribution in [3.05, 3.63) is 120 Å². The van der Waals surface area contributed by atoms with E-state index in [9.17, 15) is 79.9 Å². The Morgan fingerprint density at radius 2 is 1.08 bits per heavy atom. The van der Waals surface area contributed by atoms with Gasteiger partial charge in [-0.2, -0.15) is 46.7 Å². The number of hydrogen-bond donors (Lipinski definition) is 7. The topological polar surface area (TPSA) is 405 Å². The highest BCUT2D eigenvalue weighted by molar-refractivity contribution is 7.87. The van der Waals surface area contributed by atoms with Gasteiger partial charge < -0.3 is 48.4 Å². The fourth-order valence-electron chi connectivity index (χ4n) is 11.0. The van der Waals surface area contributed by atoms with E-state index < -0.39 is 104 Å². The summed E-state index contributed by atoms with van der Waals surface area (Å²) in [6.45, 7) is 5.17. The monoisotopic (exact) mass is 1360 g/mol. The van der Waals surface area contributed by atoms with Crippen LogP contribution in [0, 0.1) is 0 Å². The molecule has 1 aromatic heterocycles. The van der Waals surface area contributed by atoms with Crippen molar-refractivity contribution in [1.82, 2.24) is 4.73 Å². The second-order valence-corrected chi connectivity index (χ2v) is 28.2. The first kappa shape index (κ1) is 70.9. The van der Waals surface area contributed by atoms with Gasteiger partial charge in [0.25, 0.3) is 50.6 Å². The number of aromatic hydroxyl groups is 2. The lowest BCUT2D eigenvalue weighted by Crippen LogP contribution is -2.32. The molecule has 90 heavy (non-hydrogen) atoms. The number of aromatic nitrogens is 1. The highest BCUT2D eigenvalue weighted by Crippen LogP contribution is 2.54. The van der Waals surface area contributed by atoms with E-state index in [1.807, 2.05) is 4.90 Å². The minimum Gasteiger partial charge on any atom is -0.492 e. The number of benzene rings is 4. The van der Waals surface area contributed by atoms with Crippen molar-refractivity contribution < 1.29 is 118 Å². The summed E-state index contributed by atoms with van der Waals surface area (Å²) in [6.07, 6.45) is 11.2. The number of rotatable bonds is 34. The summed E-state index contributed by atoms with van der Waals surface area (Å²) in [7, 11) is -22.0. The number of carbonyl (C=O) groups excluding carboxylic acids is 1. The van der Waals surface area contributed by atoms with Crippen molar-refractivity contribution in [3.63, 3.8) is 0 Å². The fraction of sp³-hybridized carbons (Fsp3) is 0.404. The zero-order valence-corrected chi connectivity index (χ0v) is 53.3. The van der Waals surface area contributed by atoms with E-state index in [1.54, 1.807) is 80.2 Å². The summed E-state index contributed by atoms with van der Waals surface area (Å²) >= 11 is 0. The quantitative estimate of drug-likeness (QED) is 0.0118. The van der Waals surface area contributed by atoms with E-state index in [0.29, 0.717) is 70.6 Å². The maximum absolute atomic E-state index is 13.0. The smallest absolute Gasteiger partial charge is 0.335 e. The predicted octanol–water partition coefficient (Wildman–Crippen LogP) is 5.34. The number of ether oxygens (including phenoxy) is 6. The molecule has 0 spiro atoms. The minimum absolute atomic E-state index is 0.0114. The minimum atomic E-state index is -5.14. The molecular weight excluding hydrogens is 1290 g/mol. The van der Waals surface area contributed by atoms with E-state index in [-0.39, 0.29) is 107 Å². The molecule has 2 aliphatic heterocycles. The first-order chi connectivity index (χ1) is 42.3. The molecule has 2 aliphatic rings. The fourth-order valence-corrected chi connectivity index (χ4v) is 14.2. The van der Waals surface area contributed by atoms with Crippen LogP contribution in [0.4, 0.5) is 11.4 Å². The van der Waals surface area contributed by atoms with Gasteiger partial charge in [0.15, 0.2) is 12.3 Å². The summed E-state index contributed by atoms with van der Waals surface area (Å²) < 4.78 is 213. The lowest BCUT2D eigenvalue weighted by Gasteiger charge is -2.31. The van der Waals surface area contributed by atoms with Gasteiger partial charge in [0.1, 0.15) is 16.4 Å². The molecule has 0 saturated carbocycles. The van der Waals surface area contributed by atoms with Crippen LogP contribution in [-0.4, -0.2) is 195 Å². The zero-order valence-electron chi connectivity index (χ0n) is 49.2. The van der Waals surface area contributed by atoms with Crippen molar-refractivity contribution >= 4 is 95.2 Å². The van der Waals surface area contributed by atoms with Crippen molar-refractivity contribution in [2.45, 2.75) is 69.9 Å². The Kier molecular flexibility index (Phi) is 23.2. The van der Waals surface area contributed by atoms with Gasteiger partial charge in [0, 0.05) is 84.8 Å². The summed E-state index contributed by atoms with van der Waals surface area (Å²) in [4.78, 5) is 16.2. The summed E-state index contributed by atoms with van der Waals surface area (Å²) in [5.41, 5.74) is -0.0356. The number of allylic oxidation sites excluding steroid dienone is 8. The number of fused-ring (bicyclic) bond motifs is 6. The molecule has 4 aromatic carbocycles. The third-order valence-electron chi connectivity index (χ3n) is 15.0. The first-order valence-corrected chi connectivity index (χ1v) is 34.9. The third-order valence-corrected chi connectivity index (χ3v) is 19.3. The van der Waals surface area contributed by atoms with Gasteiger partial charge in [-0.3, -0.25) is 22.8 Å². The van der Waals surface area contributed by atoms with Crippen LogP contribution < -0.4 is 9.74 Å². The predicted molar refractivity (Wildman–Crippen MR) is 326 cm³/mol. The molecule has 7 rings (SSSR count). The van der Waals surface area contributed by atoms with Crippen LogP contribution in [0.5, 0.6) is 11.8 Å². The van der Waals surface area contributed by atoms with E-state index in [1.165, 1.54) is 19.2 Å². The molecule has 28 nitrogen and oxygen atoms in total. The SMILES string of the molecule is COCCOCCOCCOCCC1(C)C(=CC=CC=CC=CC2=[N+](CCOC)c3ccc4c(S(=O)(=O)O)cc(S(=O)(=O)O)cc4c3C2(C)CCCS(=O)(=O)O)N(CCOCCC(=O)On2c(O)ccc2O)c2ccc3c(S(=O)(=O)O)cc(S(=O)(=O)O)cc3c21. The van der Waals surface area contributed by atoms with Gasteiger partial charge in [-0.1, -0.05) is 36.4 Å². The van der Waals surface area contributed by atoms with Gasteiger partial charge in [-0.25, -0.2) is 4.79 Å². The Bertz CT molecular complexity index is 4240. The van der Waals surface area contributed by atoms with Gasteiger partial charge >= 0.3 is 5.97 Å². The highest BCUT2D eigenvalue weighted by atomic mass is 32.2. The Morgan fingerprint density at radius 1 is 0.556 bits per heavy atom. The third kappa shape index (κ3) is 16.9. The molecule has 0 amide bonds. The lowest BCUT2D eigenvalue weighted by molar-refractivity contribution is -0.441. The van der Waals surface area contributed by atoms with E-state index >= 15 is 0 Å². The molecule has 2 atom stereocenters. The molecule has 0 radical (unpaired) electrons. The second kappa shape index (κ2) is 29.4. The molecule has 0 fully saturated rings. The molecule has 0 aliphatic carbocycles. The van der Waals surface area contributed by atoms with Crippen molar-refractivity contribution in [2.75, 3.05) is 104 Å². The van der Waals surface area contributed by atoms with Crippen molar-refractivity contribution in [2.24, 2.45) is 0 Å². The van der Waals surface area contributed by atoms with Crippen LogP contribution in [0.1, 0.15) is 50.7 Å². The number of nitrogens with zero attached hydrogens (tertiary/aromatic N) is 3. The molecule has 0 bridgehead atoms. The standard InChI is InChI=1S/C57H69N3O25S5/c1-56(20-10-34-86(64,65)66)49(58(22-26-79-3)45-15-13-41-43(54(45)56)35-39(87(67,68)69)37-47(41)89(73,74)75)11-8-6-5-7-9-12-50-57(2,21-25-82-30-31-84-33-32-83-29-28-80-4)55-44-36-40(88(70,71)72)38-48(90(76,77)78)42(44)14-16-46(55)59(50)23-27-81-24-19-53(63)85-60-51(61)17-18-52(60)62/h5-9,11-18,35-38H,10,19-34H2,1-4H3,(H6-,61,62,64,65,66,67,68,69,70,71,72,73,74,75,76,77,78)/p+1. The Morgan fingerprint density at radius 3 is 1.63 bits per heavy atom. The number of hydrogen-bond acceptors (Lipinski definition) is 21. The van der Waals surface area contributed by atoms with Gasteiger partial charge in [0.2, 0.25) is 17.4 Å². The maximum atomic E-state index is 13.0. The molecule has 0 saturated heterocycles. The van der Waals surface area contributed by atoms with Gasteiger partial charge in [-0.15, -0.1) is 4.73 Å². The molecule has 3 heterocycles. The van der Waals surface area contributed by atoms with E-state index in [0.717, 1.165) is 24.3 Å². The average Bonchev–Trinajstić information content (AvgIpc) is 1.53. The number of carbonyl (C=O) groups is 1. The van der Waals surface area contributed by atoms with Crippen LogP contribution in [0.15, 0.2) is 128 Å². The van der Waals surface area contributed by atoms with Crippen LogP contribution in [-0.2, 0) is 94.6 Å². The molecule has 7 N–H and O–H groups in total. The van der Waals surface area contributed by atoms with Gasteiger partial charge in [0.05, 0.1) is 80.2 Å². The van der Waals surface area contributed by atoms with Gasteiger partial charge in [-0.05, 0) is 91.9 Å². The molecular formula is C57H70N3O25S5+. The number of methoxy groups -OCH3 is 2. The van der Waals surface area contributed by atoms with Crippen LogP contribution in [0.2, 0.25) is 0 Å². The summed E-state index contributed by atoms with van der Waals surface area (Å²) in [5.74, 6) is -2.63. The Hall–Kier alpha value is -6.51. The highest BCUT2D eigenvalue weighted by Gasteiger charge is 2.49. The summed E-state index contributed by atoms with van der Waals surface area (Å²) in [5, 5.41) is 19.7. The Balaban J connectivity index is 1.29. The van der Waals surface area contributed by atoms with Crippen LogP contribution >= 0.6 is 0 Å². The van der Waals surface area contributed by atoms with E-state index in [2.05, 4.69) is 0 Å². The van der Waals surface area contributed by atoms with Crippen molar-refractivity contribution in [1.29, 1.82) is 0 Å². The maximum Gasteiger partial charge on any atom is 0.335 e. The molecule has 33 heteroatoms. The second-order valence-electron chi connectivity index (χ2n) is 21.0. The molecule has 492 valence electrons. The van der Waals surface area contributed by atoms with Crippen LogP contribution in [0.3, 0.4) is 0 Å². The lowest BCUT2D eigenvalue weighted by atomic mass is 9.74.